The lowest BCUT2D eigenvalue weighted by atomic mass is 10.2. The number of hydrogen-bond donors (Lipinski definition) is 0. The van der Waals surface area contributed by atoms with Gasteiger partial charge in [0.1, 0.15) is 12.4 Å². The Morgan fingerprint density at radius 3 is 2.37 bits per heavy atom. The van der Waals surface area contributed by atoms with Gasteiger partial charge in [0, 0.05) is 4.47 Å². The highest BCUT2D eigenvalue weighted by Crippen LogP contribution is 2.12. The molecule has 98 valence electrons. The number of oxime groups is 1. The average Bonchev–Trinajstić information content (AvgIpc) is 2.46. The van der Waals surface area contributed by atoms with Gasteiger partial charge in [-0.05, 0) is 35.4 Å². The SMILES string of the molecule is COc1ccc(CON=Cc2ccc(Br)cc2)cc1. The first-order valence-electron chi connectivity index (χ1n) is 5.82. The molecule has 0 aromatic heterocycles. The van der Waals surface area contributed by atoms with E-state index in [1.54, 1.807) is 13.3 Å². The molecule has 0 heterocycles. The molecule has 0 unspecified atom stereocenters. The molecule has 19 heavy (non-hydrogen) atoms. The van der Waals surface area contributed by atoms with Crippen molar-refractivity contribution in [3.8, 4) is 5.75 Å². The number of rotatable bonds is 5. The van der Waals surface area contributed by atoms with E-state index in [0.717, 1.165) is 21.3 Å². The van der Waals surface area contributed by atoms with Crippen LogP contribution in [0, 0.1) is 0 Å². The van der Waals surface area contributed by atoms with Gasteiger partial charge in [0.05, 0.1) is 13.3 Å². The van der Waals surface area contributed by atoms with Gasteiger partial charge in [-0.2, -0.15) is 0 Å². The second-order valence-electron chi connectivity index (χ2n) is 3.91. The van der Waals surface area contributed by atoms with E-state index in [0.29, 0.717) is 6.61 Å². The van der Waals surface area contributed by atoms with Crippen LogP contribution in [0.4, 0.5) is 0 Å². The van der Waals surface area contributed by atoms with Crippen molar-refractivity contribution in [3.05, 3.63) is 64.1 Å². The van der Waals surface area contributed by atoms with Crippen molar-refractivity contribution in [2.24, 2.45) is 5.16 Å². The maximum Gasteiger partial charge on any atom is 0.142 e. The fourth-order valence-corrected chi connectivity index (χ4v) is 1.74. The maximum absolute atomic E-state index is 5.24. The van der Waals surface area contributed by atoms with Crippen LogP contribution in [0.2, 0.25) is 0 Å². The molecule has 0 amide bonds. The molecular weight excluding hydrogens is 306 g/mol. The number of halogens is 1. The van der Waals surface area contributed by atoms with E-state index in [4.69, 9.17) is 9.57 Å². The number of hydrogen-bond acceptors (Lipinski definition) is 3. The summed E-state index contributed by atoms with van der Waals surface area (Å²) in [6, 6.07) is 15.6. The molecule has 0 bridgehead atoms. The Morgan fingerprint density at radius 1 is 1.05 bits per heavy atom. The van der Waals surface area contributed by atoms with Gasteiger partial charge in [-0.3, -0.25) is 0 Å². The van der Waals surface area contributed by atoms with Gasteiger partial charge in [0.25, 0.3) is 0 Å². The van der Waals surface area contributed by atoms with Gasteiger partial charge in [-0.1, -0.05) is 45.4 Å². The molecule has 0 N–H and O–H groups in total. The second kappa shape index (κ2) is 6.95. The van der Waals surface area contributed by atoms with E-state index in [2.05, 4.69) is 21.1 Å². The molecule has 0 spiro atoms. The number of benzene rings is 2. The highest BCUT2D eigenvalue weighted by molar-refractivity contribution is 9.10. The fraction of sp³-hybridized carbons (Fsp3) is 0.133. The van der Waals surface area contributed by atoms with Crippen LogP contribution in [0.3, 0.4) is 0 Å². The Bertz CT molecular complexity index is 535. The predicted molar refractivity (Wildman–Crippen MR) is 79.5 cm³/mol. The van der Waals surface area contributed by atoms with E-state index in [1.165, 1.54) is 0 Å². The highest BCUT2D eigenvalue weighted by atomic mass is 79.9. The molecule has 0 fully saturated rings. The van der Waals surface area contributed by atoms with E-state index in [1.807, 2.05) is 48.5 Å². The summed E-state index contributed by atoms with van der Waals surface area (Å²) >= 11 is 3.38. The highest BCUT2D eigenvalue weighted by Gasteiger charge is 1.94. The normalized spacial score (nSPS) is 10.6. The molecular formula is C15H14BrNO2. The summed E-state index contributed by atoms with van der Waals surface area (Å²) in [5.74, 6) is 0.835. The molecule has 0 radical (unpaired) electrons. The smallest absolute Gasteiger partial charge is 0.142 e. The molecule has 4 heteroatoms. The second-order valence-corrected chi connectivity index (χ2v) is 4.82. The van der Waals surface area contributed by atoms with Crippen LogP contribution >= 0.6 is 15.9 Å². The third kappa shape index (κ3) is 4.41. The standard InChI is InChI=1S/C15H14BrNO2/c1-18-15-8-4-13(5-9-15)11-19-17-10-12-2-6-14(16)7-3-12/h2-10H,11H2,1H3. The molecule has 2 aromatic carbocycles. The van der Waals surface area contributed by atoms with Crippen LogP contribution < -0.4 is 4.74 Å². The van der Waals surface area contributed by atoms with Crippen LogP contribution in [0.1, 0.15) is 11.1 Å². The minimum atomic E-state index is 0.441. The van der Waals surface area contributed by atoms with E-state index in [9.17, 15) is 0 Å². The molecule has 0 aliphatic carbocycles. The molecule has 3 nitrogen and oxygen atoms in total. The molecule has 0 aliphatic heterocycles. The zero-order valence-electron chi connectivity index (χ0n) is 10.5. The topological polar surface area (TPSA) is 30.8 Å². The van der Waals surface area contributed by atoms with Crippen molar-refractivity contribution in [2.75, 3.05) is 7.11 Å². The van der Waals surface area contributed by atoms with Crippen molar-refractivity contribution >= 4 is 22.1 Å². The summed E-state index contributed by atoms with van der Waals surface area (Å²) in [6.45, 7) is 0.441. The van der Waals surface area contributed by atoms with Gasteiger partial charge in [-0.25, -0.2) is 0 Å². The Balaban J connectivity index is 1.83. The lowest BCUT2D eigenvalue weighted by Gasteiger charge is -2.02. The molecule has 0 aliphatic rings. The molecule has 0 atom stereocenters. The largest absolute Gasteiger partial charge is 0.497 e. The summed E-state index contributed by atoms with van der Waals surface area (Å²) < 4.78 is 6.13. The third-order valence-electron chi connectivity index (χ3n) is 2.54. The van der Waals surface area contributed by atoms with Crippen LogP contribution in [-0.4, -0.2) is 13.3 Å². The van der Waals surface area contributed by atoms with Crippen molar-refractivity contribution < 1.29 is 9.57 Å². The Hall–Kier alpha value is -1.81. The Labute approximate surface area is 121 Å². The van der Waals surface area contributed by atoms with Crippen LogP contribution in [-0.2, 0) is 11.4 Å². The third-order valence-corrected chi connectivity index (χ3v) is 3.07. The molecule has 0 saturated heterocycles. The summed E-state index contributed by atoms with van der Waals surface area (Å²) in [5, 5.41) is 3.94. The predicted octanol–water partition coefficient (Wildman–Crippen LogP) is 4.01. The van der Waals surface area contributed by atoms with Crippen LogP contribution in [0.15, 0.2) is 58.2 Å². The summed E-state index contributed by atoms with van der Waals surface area (Å²) in [7, 11) is 1.65. The van der Waals surface area contributed by atoms with Gasteiger partial charge < -0.3 is 9.57 Å². The average molecular weight is 320 g/mol. The summed E-state index contributed by atoms with van der Waals surface area (Å²) in [4.78, 5) is 5.24. The molecule has 2 rings (SSSR count). The Morgan fingerprint density at radius 2 is 1.74 bits per heavy atom. The van der Waals surface area contributed by atoms with Crippen molar-refractivity contribution in [3.63, 3.8) is 0 Å². The zero-order valence-corrected chi connectivity index (χ0v) is 12.1. The minimum absolute atomic E-state index is 0.441. The van der Waals surface area contributed by atoms with Crippen molar-refractivity contribution in [1.82, 2.24) is 0 Å². The summed E-state index contributed by atoms with van der Waals surface area (Å²) in [5.41, 5.74) is 2.05. The number of nitrogens with zero attached hydrogens (tertiary/aromatic N) is 1. The van der Waals surface area contributed by atoms with Gasteiger partial charge in [0.2, 0.25) is 0 Å². The fourth-order valence-electron chi connectivity index (χ4n) is 1.48. The van der Waals surface area contributed by atoms with Crippen LogP contribution in [0.25, 0.3) is 0 Å². The Kier molecular flexibility index (Phi) is 4.98. The monoisotopic (exact) mass is 319 g/mol. The van der Waals surface area contributed by atoms with E-state index < -0.39 is 0 Å². The summed E-state index contributed by atoms with van der Waals surface area (Å²) in [6.07, 6.45) is 1.69. The zero-order chi connectivity index (χ0) is 13.5. The van der Waals surface area contributed by atoms with Gasteiger partial charge in [-0.15, -0.1) is 0 Å². The van der Waals surface area contributed by atoms with Gasteiger partial charge >= 0.3 is 0 Å². The maximum atomic E-state index is 5.24. The number of ether oxygens (including phenoxy) is 1. The van der Waals surface area contributed by atoms with Crippen molar-refractivity contribution in [1.29, 1.82) is 0 Å². The first-order valence-corrected chi connectivity index (χ1v) is 6.61. The quantitative estimate of drug-likeness (QED) is 0.616. The first-order chi connectivity index (χ1) is 9.28. The number of methoxy groups -OCH3 is 1. The van der Waals surface area contributed by atoms with Crippen molar-refractivity contribution in [2.45, 2.75) is 6.61 Å². The lowest BCUT2D eigenvalue weighted by Crippen LogP contribution is -1.89. The first kappa shape index (κ1) is 13.6. The lowest BCUT2D eigenvalue weighted by molar-refractivity contribution is 0.132. The minimum Gasteiger partial charge on any atom is -0.497 e. The molecule has 2 aromatic rings. The van der Waals surface area contributed by atoms with Crippen LogP contribution in [0.5, 0.6) is 5.75 Å². The van der Waals surface area contributed by atoms with E-state index in [-0.39, 0.29) is 0 Å². The molecule has 0 saturated carbocycles. The van der Waals surface area contributed by atoms with Gasteiger partial charge in [0.15, 0.2) is 0 Å². The van der Waals surface area contributed by atoms with E-state index >= 15 is 0 Å².